The number of hydrogen-bond acceptors (Lipinski definition) is 3. The summed E-state index contributed by atoms with van der Waals surface area (Å²) in [4.78, 5) is 0. The molecule has 0 atom stereocenters. The minimum Gasteiger partial charge on any atom is -0.356 e. The van der Waals surface area contributed by atoms with Crippen molar-refractivity contribution in [2.24, 2.45) is 5.92 Å². The van der Waals surface area contributed by atoms with Crippen LogP contribution in [0.3, 0.4) is 0 Å². The molecule has 0 bridgehead atoms. The maximum Gasteiger partial charge on any atom is 0.149 e. The Bertz CT molecular complexity index is 364. The molecule has 0 aromatic heterocycles. The minimum absolute atomic E-state index is 0. The van der Waals surface area contributed by atoms with E-state index in [2.05, 4.69) is 13.0 Å². The topological polar surface area (TPSA) is 42.2 Å². The molecule has 16 heavy (non-hydrogen) atoms. The van der Waals surface area contributed by atoms with Gasteiger partial charge in [-0.1, -0.05) is 18.1 Å². The molecule has 4 heteroatoms. The van der Waals surface area contributed by atoms with Gasteiger partial charge in [0.05, 0.1) is 13.2 Å². The van der Waals surface area contributed by atoms with Gasteiger partial charge in [-0.25, -0.2) is 0 Å². The van der Waals surface area contributed by atoms with E-state index in [0.29, 0.717) is 24.7 Å². The van der Waals surface area contributed by atoms with E-state index >= 15 is 0 Å². The Hall–Kier alpha value is -0.266. The van der Waals surface area contributed by atoms with Crippen molar-refractivity contribution >= 4 is 0 Å². The van der Waals surface area contributed by atoms with Gasteiger partial charge in [0.1, 0.15) is 6.29 Å². The van der Waals surface area contributed by atoms with Crippen molar-refractivity contribution in [3.05, 3.63) is 35.4 Å². The van der Waals surface area contributed by atoms with Crippen molar-refractivity contribution in [1.29, 1.82) is 5.26 Å². The van der Waals surface area contributed by atoms with E-state index in [1.807, 2.05) is 12.1 Å². The zero-order chi connectivity index (χ0) is 10.7. The molecule has 0 spiro atoms. The Morgan fingerprint density at radius 1 is 1.38 bits per heavy atom. The number of nitriles is 1. The summed E-state index contributed by atoms with van der Waals surface area (Å²) >= 11 is 0. The fourth-order valence-corrected chi connectivity index (χ4v) is 1.45. The summed E-state index contributed by atoms with van der Waals surface area (Å²) in [6.45, 7) is 3.51. The molecule has 0 saturated carbocycles. The fourth-order valence-electron chi connectivity index (χ4n) is 1.45. The first-order chi connectivity index (χ1) is 7.29. The van der Waals surface area contributed by atoms with Gasteiger partial charge in [0.25, 0.3) is 0 Å². The van der Waals surface area contributed by atoms with Gasteiger partial charge in [0, 0.05) is 38.6 Å². The minimum atomic E-state index is -0.301. The van der Waals surface area contributed by atoms with Crippen LogP contribution < -0.4 is 0 Å². The van der Waals surface area contributed by atoms with Crippen LogP contribution in [0.15, 0.2) is 18.2 Å². The van der Waals surface area contributed by atoms with Crippen molar-refractivity contribution in [3.8, 4) is 6.07 Å². The molecular weight excluding hydrogens is 279 g/mol. The molecule has 81 valence electrons. The number of rotatable bonds is 1. The summed E-state index contributed by atoms with van der Waals surface area (Å²) < 4.78 is 11.0. The SMILES string of the molecule is CC1COC(c2c[c-]c(C#N)cc2)OC1.[Y]. The average Bonchev–Trinajstić information content (AvgIpc) is 2.30. The van der Waals surface area contributed by atoms with Crippen LogP contribution in [0.25, 0.3) is 0 Å². The Morgan fingerprint density at radius 3 is 2.56 bits per heavy atom. The van der Waals surface area contributed by atoms with E-state index in [4.69, 9.17) is 14.7 Å². The zero-order valence-electron chi connectivity index (χ0n) is 9.14. The molecule has 1 fully saturated rings. The summed E-state index contributed by atoms with van der Waals surface area (Å²) in [5.74, 6) is 0.448. The third kappa shape index (κ3) is 3.36. The molecule has 1 saturated heterocycles. The smallest absolute Gasteiger partial charge is 0.149 e. The van der Waals surface area contributed by atoms with Crippen LogP contribution in [0.5, 0.6) is 0 Å². The Kier molecular flexibility index (Phi) is 5.57. The molecule has 2 rings (SSSR count). The Balaban J connectivity index is 0.00000128. The van der Waals surface area contributed by atoms with E-state index in [-0.39, 0.29) is 39.0 Å². The summed E-state index contributed by atoms with van der Waals surface area (Å²) in [6.07, 6.45) is -0.301. The van der Waals surface area contributed by atoms with Crippen LogP contribution in [0.4, 0.5) is 0 Å². The summed E-state index contributed by atoms with van der Waals surface area (Å²) in [6, 6.07) is 10.2. The van der Waals surface area contributed by atoms with Crippen LogP contribution in [0.1, 0.15) is 24.3 Å². The Morgan fingerprint density at radius 2 is 2.06 bits per heavy atom. The summed E-state index contributed by atoms with van der Waals surface area (Å²) in [7, 11) is 0. The maximum atomic E-state index is 8.63. The maximum absolute atomic E-state index is 8.63. The van der Waals surface area contributed by atoms with E-state index in [9.17, 15) is 0 Å². The van der Waals surface area contributed by atoms with Crippen molar-refractivity contribution in [1.82, 2.24) is 0 Å². The standard InChI is InChI=1S/C12H12NO2.Y/c1-9-7-14-12(15-8-9)11-4-2-10(6-13)3-5-11;/h2,4-5,9,12H,7-8H2,1H3;/q-1;. The van der Waals surface area contributed by atoms with Crippen LogP contribution in [-0.4, -0.2) is 13.2 Å². The van der Waals surface area contributed by atoms with Gasteiger partial charge in [-0.05, 0) is 6.07 Å². The second-order valence-electron chi connectivity index (χ2n) is 3.75. The predicted octanol–water partition coefficient (Wildman–Crippen LogP) is 2.04. The largest absolute Gasteiger partial charge is 0.356 e. The second-order valence-corrected chi connectivity index (χ2v) is 3.75. The van der Waals surface area contributed by atoms with Crippen LogP contribution >= 0.6 is 0 Å². The second kappa shape index (κ2) is 6.46. The molecule has 0 amide bonds. The Labute approximate surface area is 121 Å². The van der Waals surface area contributed by atoms with Crippen molar-refractivity contribution < 1.29 is 42.2 Å². The van der Waals surface area contributed by atoms with Crippen molar-refractivity contribution in [3.63, 3.8) is 0 Å². The van der Waals surface area contributed by atoms with Gasteiger partial charge in [-0.15, -0.1) is 24.3 Å². The number of hydrogen-bond donors (Lipinski definition) is 0. The zero-order valence-corrected chi connectivity index (χ0v) is 12.0. The quantitative estimate of drug-likeness (QED) is 0.744. The molecule has 1 aliphatic heterocycles. The van der Waals surface area contributed by atoms with E-state index in [1.54, 1.807) is 12.1 Å². The molecular formula is C12H12NO2Y-. The molecule has 1 aromatic carbocycles. The molecule has 1 aliphatic rings. The number of ether oxygens (including phenoxy) is 2. The van der Waals surface area contributed by atoms with E-state index < -0.39 is 0 Å². The van der Waals surface area contributed by atoms with Crippen LogP contribution in [-0.2, 0) is 42.2 Å². The third-order valence-electron chi connectivity index (χ3n) is 2.29. The molecule has 1 radical (unpaired) electrons. The molecule has 3 nitrogen and oxygen atoms in total. The first kappa shape index (κ1) is 13.8. The van der Waals surface area contributed by atoms with Gasteiger partial charge in [-0.2, -0.15) is 0 Å². The van der Waals surface area contributed by atoms with Gasteiger partial charge in [0.15, 0.2) is 0 Å². The van der Waals surface area contributed by atoms with E-state index in [0.717, 1.165) is 5.56 Å². The first-order valence-corrected chi connectivity index (χ1v) is 4.94. The van der Waals surface area contributed by atoms with Gasteiger partial charge >= 0.3 is 0 Å². The summed E-state index contributed by atoms with van der Waals surface area (Å²) in [5, 5.41) is 8.63. The van der Waals surface area contributed by atoms with Gasteiger partial charge < -0.3 is 9.47 Å². The van der Waals surface area contributed by atoms with Crippen molar-refractivity contribution in [2.45, 2.75) is 13.2 Å². The van der Waals surface area contributed by atoms with Gasteiger partial charge in [0.2, 0.25) is 0 Å². The number of nitrogens with zero attached hydrogens (tertiary/aromatic N) is 1. The van der Waals surface area contributed by atoms with E-state index in [1.165, 1.54) is 0 Å². The van der Waals surface area contributed by atoms with Crippen LogP contribution in [0.2, 0.25) is 0 Å². The molecule has 0 aliphatic carbocycles. The molecule has 1 aromatic rings. The molecule has 0 unspecified atom stereocenters. The first-order valence-electron chi connectivity index (χ1n) is 4.94. The molecule has 0 N–H and O–H groups in total. The van der Waals surface area contributed by atoms with Crippen LogP contribution in [0, 0.1) is 23.3 Å². The number of benzene rings is 1. The fraction of sp³-hybridized carbons (Fsp3) is 0.417. The molecule has 1 heterocycles. The van der Waals surface area contributed by atoms with Crippen molar-refractivity contribution in [2.75, 3.05) is 13.2 Å². The summed E-state index contributed by atoms with van der Waals surface area (Å²) in [5.41, 5.74) is 1.45. The van der Waals surface area contributed by atoms with Gasteiger partial charge in [-0.3, -0.25) is 5.26 Å². The monoisotopic (exact) mass is 291 g/mol. The normalized spacial score (nSPS) is 24.2. The predicted molar refractivity (Wildman–Crippen MR) is 53.8 cm³/mol. The third-order valence-corrected chi connectivity index (χ3v) is 2.29. The average molecular weight is 291 g/mol.